The van der Waals surface area contributed by atoms with Gasteiger partial charge in [-0.1, -0.05) is 44.2 Å². The molecule has 1 heterocycles. The topological polar surface area (TPSA) is 76.1 Å². The molecular formula is C18H24N2O3S2. The third kappa shape index (κ3) is 4.10. The fourth-order valence-corrected chi connectivity index (χ4v) is 4.68. The molecule has 7 heteroatoms. The molecule has 5 nitrogen and oxygen atoms in total. The fraction of sp³-hybridized carbons (Fsp3) is 0.444. The molecule has 0 atom stereocenters. The van der Waals surface area contributed by atoms with Crippen molar-refractivity contribution in [3.05, 3.63) is 35.2 Å². The van der Waals surface area contributed by atoms with Gasteiger partial charge in [-0.2, -0.15) is 0 Å². The number of sulfone groups is 1. The Labute approximate surface area is 153 Å². The first-order chi connectivity index (χ1) is 11.7. The van der Waals surface area contributed by atoms with Crippen molar-refractivity contribution < 1.29 is 13.2 Å². The number of carbonyl (C=O) groups excluding carboxylic acids is 1. The molecule has 0 radical (unpaired) electrons. The van der Waals surface area contributed by atoms with Gasteiger partial charge < -0.3 is 5.32 Å². The van der Waals surface area contributed by atoms with Crippen LogP contribution < -0.4 is 5.32 Å². The Morgan fingerprint density at radius 3 is 2.40 bits per heavy atom. The van der Waals surface area contributed by atoms with E-state index in [0.29, 0.717) is 11.6 Å². The van der Waals surface area contributed by atoms with Crippen LogP contribution in [-0.4, -0.2) is 29.8 Å². The fourth-order valence-electron chi connectivity index (χ4n) is 2.38. The van der Waals surface area contributed by atoms with E-state index in [2.05, 4.69) is 10.3 Å². The highest BCUT2D eigenvalue weighted by atomic mass is 32.2. The van der Waals surface area contributed by atoms with E-state index in [1.54, 1.807) is 6.92 Å². The number of anilines is 1. The first-order valence-electron chi connectivity index (χ1n) is 8.31. The molecule has 136 valence electrons. The highest BCUT2D eigenvalue weighted by Gasteiger charge is 2.41. The van der Waals surface area contributed by atoms with Crippen LogP contribution in [0, 0.1) is 0 Å². The number of nitrogens with zero attached hydrogens (tertiary/aromatic N) is 1. The minimum Gasteiger partial charge on any atom is -0.301 e. The molecule has 0 aliphatic rings. The van der Waals surface area contributed by atoms with Crippen molar-refractivity contribution in [3.63, 3.8) is 0 Å². The summed E-state index contributed by atoms with van der Waals surface area (Å²) in [7, 11) is -3.53. The molecule has 25 heavy (non-hydrogen) atoms. The van der Waals surface area contributed by atoms with Crippen LogP contribution in [0.1, 0.15) is 39.0 Å². The Kier molecular flexibility index (Phi) is 6.00. The van der Waals surface area contributed by atoms with Crippen molar-refractivity contribution in [1.29, 1.82) is 0 Å². The summed E-state index contributed by atoms with van der Waals surface area (Å²) < 4.78 is 23.2. The van der Waals surface area contributed by atoms with Gasteiger partial charge in [0.15, 0.2) is 15.0 Å². The van der Waals surface area contributed by atoms with Gasteiger partial charge in [-0.05, 0) is 26.7 Å². The van der Waals surface area contributed by atoms with Crippen LogP contribution in [0.4, 0.5) is 5.13 Å². The van der Waals surface area contributed by atoms with Crippen LogP contribution >= 0.6 is 11.3 Å². The van der Waals surface area contributed by atoms with Gasteiger partial charge in [0, 0.05) is 10.4 Å². The van der Waals surface area contributed by atoms with Crippen molar-refractivity contribution >= 4 is 32.2 Å². The Hall–Kier alpha value is -1.73. The third-order valence-corrected chi connectivity index (χ3v) is 7.88. The molecule has 0 bridgehead atoms. The van der Waals surface area contributed by atoms with Crippen molar-refractivity contribution in [2.24, 2.45) is 0 Å². The van der Waals surface area contributed by atoms with E-state index in [1.807, 2.05) is 37.3 Å². The van der Waals surface area contributed by atoms with E-state index < -0.39 is 20.5 Å². The zero-order valence-corrected chi connectivity index (χ0v) is 16.6. The Morgan fingerprint density at radius 1 is 1.20 bits per heavy atom. The van der Waals surface area contributed by atoms with Gasteiger partial charge in [-0.3, -0.25) is 4.79 Å². The van der Waals surface area contributed by atoms with E-state index in [-0.39, 0.29) is 5.75 Å². The second-order valence-electron chi connectivity index (χ2n) is 6.29. The van der Waals surface area contributed by atoms with E-state index in [1.165, 1.54) is 25.2 Å². The minimum atomic E-state index is -3.53. The number of hydrogen-bond donors (Lipinski definition) is 1. The largest absolute Gasteiger partial charge is 0.301 e. The zero-order chi connectivity index (χ0) is 18.7. The van der Waals surface area contributed by atoms with Crippen molar-refractivity contribution in [1.82, 2.24) is 4.98 Å². The summed E-state index contributed by atoms with van der Waals surface area (Å²) in [4.78, 5) is 18.2. The minimum absolute atomic E-state index is 0.0131. The molecule has 0 saturated carbocycles. The summed E-state index contributed by atoms with van der Waals surface area (Å²) in [5.41, 5.74) is 1.81. The molecule has 0 aliphatic heterocycles. The number of hydrogen-bond acceptors (Lipinski definition) is 5. The molecule has 1 aromatic heterocycles. The van der Waals surface area contributed by atoms with Crippen LogP contribution in [0.15, 0.2) is 30.3 Å². The second kappa shape index (κ2) is 7.66. The van der Waals surface area contributed by atoms with Crippen LogP contribution in [0.2, 0.25) is 0 Å². The maximum absolute atomic E-state index is 12.6. The number of thiazole rings is 1. The van der Waals surface area contributed by atoms with Gasteiger partial charge in [0.25, 0.3) is 0 Å². The molecular weight excluding hydrogens is 356 g/mol. The van der Waals surface area contributed by atoms with E-state index in [9.17, 15) is 13.2 Å². The maximum atomic E-state index is 12.6. The summed E-state index contributed by atoms with van der Waals surface area (Å²) in [6.07, 6.45) is 1.27. The number of aromatic nitrogens is 1. The Balaban J connectivity index is 2.29. The number of aryl methyl sites for hydroxylation is 1. The quantitative estimate of drug-likeness (QED) is 0.790. The molecule has 1 amide bonds. The predicted molar refractivity (Wildman–Crippen MR) is 104 cm³/mol. The smallest absolute Gasteiger partial charge is 0.247 e. The lowest BCUT2D eigenvalue weighted by molar-refractivity contribution is -0.117. The highest BCUT2D eigenvalue weighted by molar-refractivity contribution is 7.93. The number of rotatable bonds is 7. The zero-order valence-electron chi connectivity index (χ0n) is 15.0. The van der Waals surface area contributed by atoms with Gasteiger partial charge in [0.1, 0.15) is 4.75 Å². The van der Waals surface area contributed by atoms with Crippen molar-refractivity contribution in [2.45, 2.75) is 45.3 Å². The molecule has 0 saturated heterocycles. The van der Waals surface area contributed by atoms with Gasteiger partial charge in [0.2, 0.25) is 5.91 Å². The van der Waals surface area contributed by atoms with Crippen LogP contribution in [-0.2, 0) is 21.1 Å². The first-order valence-corrected chi connectivity index (χ1v) is 10.8. The summed E-state index contributed by atoms with van der Waals surface area (Å²) >= 11 is 1.38. The van der Waals surface area contributed by atoms with Crippen molar-refractivity contribution in [2.75, 3.05) is 11.1 Å². The number of benzene rings is 1. The number of carbonyl (C=O) groups is 1. The third-order valence-electron chi connectivity index (χ3n) is 4.08. The lowest BCUT2D eigenvalue weighted by Gasteiger charge is -2.22. The summed E-state index contributed by atoms with van der Waals surface area (Å²) in [6, 6.07) is 9.75. The predicted octanol–water partition coefficient (Wildman–Crippen LogP) is 3.91. The normalized spacial score (nSPS) is 12.2. The van der Waals surface area contributed by atoms with E-state index >= 15 is 0 Å². The lowest BCUT2D eigenvalue weighted by atomic mass is 10.1. The molecule has 2 aromatic rings. The van der Waals surface area contributed by atoms with Gasteiger partial charge in [0.05, 0.1) is 11.4 Å². The second-order valence-corrected chi connectivity index (χ2v) is 10.0. The van der Waals surface area contributed by atoms with Gasteiger partial charge in [-0.25, -0.2) is 13.4 Å². The van der Waals surface area contributed by atoms with Crippen LogP contribution in [0.25, 0.3) is 11.3 Å². The SMILES string of the molecule is CCCS(=O)(=O)C(C)(C)C(=O)Nc1nc(-c2ccccc2)c(CC)s1. The monoisotopic (exact) mass is 380 g/mol. The summed E-state index contributed by atoms with van der Waals surface area (Å²) in [6.45, 7) is 6.70. The van der Waals surface area contributed by atoms with Crippen molar-refractivity contribution in [3.8, 4) is 11.3 Å². The summed E-state index contributed by atoms with van der Waals surface area (Å²) in [5.74, 6) is -0.558. The van der Waals surface area contributed by atoms with Gasteiger partial charge >= 0.3 is 0 Å². The molecule has 0 unspecified atom stereocenters. The molecule has 2 rings (SSSR count). The van der Waals surface area contributed by atoms with E-state index in [0.717, 1.165) is 22.6 Å². The van der Waals surface area contributed by atoms with Crippen LogP contribution in [0.3, 0.4) is 0 Å². The molecule has 0 fully saturated rings. The summed E-state index contributed by atoms with van der Waals surface area (Å²) in [5, 5.41) is 3.13. The average molecular weight is 381 g/mol. The van der Waals surface area contributed by atoms with E-state index in [4.69, 9.17) is 0 Å². The Morgan fingerprint density at radius 2 is 1.84 bits per heavy atom. The van der Waals surface area contributed by atoms with Gasteiger partial charge in [-0.15, -0.1) is 11.3 Å². The van der Waals surface area contributed by atoms with Crippen LogP contribution in [0.5, 0.6) is 0 Å². The average Bonchev–Trinajstić information content (AvgIpc) is 2.98. The highest BCUT2D eigenvalue weighted by Crippen LogP contribution is 2.32. The number of nitrogens with one attached hydrogen (secondary N) is 1. The molecule has 1 N–H and O–H groups in total. The maximum Gasteiger partial charge on any atom is 0.247 e. The standard InChI is InChI=1S/C18H24N2O3S2/c1-5-12-25(22,23)18(3,4)16(21)20-17-19-15(14(6-2)24-17)13-10-8-7-9-11-13/h7-11H,5-6,12H2,1-4H3,(H,19,20,21). The Bertz CT molecular complexity index is 840. The molecule has 0 spiro atoms. The lowest BCUT2D eigenvalue weighted by Crippen LogP contribution is -2.45. The molecule has 1 aromatic carbocycles. The first kappa shape index (κ1) is 19.6. The molecule has 0 aliphatic carbocycles. The number of amides is 1.